The maximum Gasteiger partial charge on any atom is 0.266 e. The second kappa shape index (κ2) is 8.54. The molecule has 2 aromatic carbocycles. The van der Waals surface area contributed by atoms with E-state index >= 15 is 0 Å². The summed E-state index contributed by atoms with van der Waals surface area (Å²) >= 11 is 0. The number of carbonyl (C=O) groups excluding carboxylic acids is 1. The van der Waals surface area contributed by atoms with Crippen molar-refractivity contribution in [3.8, 4) is 0 Å². The summed E-state index contributed by atoms with van der Waals surface area (Å²) in [4.78, 5) is 13.8. The molecule has 2 rings (SSSR count). The molecule has 0 aromatic heterocycles. The molecule has 0 saturated heterocycles. The van der Waals surface area contributed by atoms with Crippen molar-refractivity contribution in [2.75, 3.05) is 31.3 Å². The van der Waals surface area contributed by atoms with E-state index in [0.29, 0.717) is 16.9 Å². The van der Waals surface area contributed by atoms with Crippen molar-refractivity contribution in [1.82, 2.24) is 5.32 Å². The summed E-state index contributed by atoms with van der Waals surface area (Å²) in [6.45, 7) is -0.165. The molecule has 8 nitrogen and oxygen atoms in total. The number of rotatable bonds is 7. The van der Waals surface area contributed by atoms with Crippen molar-refractivity contribution in [2.45, 2.75) is 0 Å². The first-order valence-electron chi connectivity index (χ1n) is 7.77. The van der Waals surface area contributed by atoms with E-state index in [-0.39, 0.29) is 6.54 Å². The predicted molar refractivity (Wildman–Crippen MR) is 100 cm³/mol. The van der Waals surface area contributed by atoms with Crippen molar-refractivity contribution >= 4 is 33.1 Å². The second-order valence-corrected chi connectivity index (χ2v) is 7.27. The minimum absolute atomic E-state index is 0.165. The van der Waals surface area contributed by atoms with Gasteiger partial charge in [-0.25, -0.2) is 0 Å². The Morgan fingerprint density at radius 1 is 1.00 bits per heavy atom. The maximum atomic E-state index is 11.9. The number of amides is 1. The highest BCUT2D eigenvalue weighted by Crippen LogP contribution is 2.21. The zero-order valence-electron chi connectivity index (χ0n) is 14.5. The first kappa shape index (κ1) is 19.5. The lowest BCUT2D eigenvalue weighted by molar-refractivity contribution is 0.0956. The van der Waals surface area contributed by atoms with Gasteiger partial charge in [-0.05, 0) is 48.5 Å². The van der Waals surface area contributed by atoms with Crippen molar-refractivity contribution in [1.29, 1.82) is 0 Å². The van der Waals surface area contributed by atoms with Crippen molar-refractivity contribution in [3.63, 3.8) is 0 Å². The van der Waals surface area contributed by atoms with Crippen molar-refractivity contribution in [3.05, 3.63) is 54.1 Å². The molecule has 138 valence electrons. The van der Waals surface area contributed by atoms with Crippen LogP contribution in [0.15, 0.2) is 58.8 Å². The molecule has 2 N–H and O–H groups in total. The van der Waals surface area contributed by atoms with Crippen LogP contribution in [0.3, 0.4) is 0 Å². The van der Waals surface area contributed by atoms with Crippen LogP contribution in [-0.2, 0) is 10.1 Å². The number of hydrogen-bond acceptors (Lipinski definition) is 6. The molecule has 2 aromatic rings. The Kier molecular flexibility index (Phi) is 6.42. The van der Waals surface area contributed by atoms with Crippen LogP contribution in [0, 0.1) is 0 Å². The van der Waals surface area contributed by atoms with E-state index in [9.17, 15) is 13.2 Å². The molecule has 9 heteroatoms. The number of carbonyl (C=O) groups is 1. The van der Waals surface area contributed by atoms with Gasteiger partial charge in [0, 0.05) is 31.9 Å². The van der Waals surface area contributed by atoms with E-state index in [0.717, 1.165) is 5.69 Å². The first-order valence-corrected chi connectivity index (χ1v) is 9.38. The van der Waals surface area contributed by atoms with Gasteiger partial charge < -0.3 is 10.2 Å². The van der Waals surface area contributed by atoms with Crippen molar-refractivity contribution < 1.29 is 17.8 Å². The van der Waals surface area contributed by atoms with Gasteiger partial charge >= 0.3 is 0 Å². The van der Waals surface area contributed by atoms with Gasteiger partial charge in [-0.15, -0.1) is 0 Å². The third-order valence-electron chi connectivity index (χ3n) is 3.42. The number of anilines is 1. The van der Waals surface area contributed by atoms with E-state index in [2.05, 4.69) is 15.5 Å². The molecule has 0 bridgehead atoms. The first-order chi connectivity index (χ1) is 12.2. The zero-order chi connectivity index (χ0) is 19.2. The number of nitrogens with one attached hydrogen (secondary N) is 1. The Morgan fingerprint density at radius 2 is 1.50 bits per heavy atom. The summed E-state index contributed by atoms with van der Waals surface area (Å²) in [6, 6.07) is 14.0. The SMILES string of the molecule is CN(C)c1ccc(/N=N/c2ccc(C(=O)NCCS(=O)(=O)O)cc2)cc1. The summed E-state index contributed by atoms with van der Waals surface area (Å²) in [6.07, 6.45) is 0. The van der Waals surface area contributed by atoms with Crippen LogP contribution in [0.1, 0.15) is 10.4 Å². The minimum Gasteiger partial charge on any atom is -0.378 e. The number of azo groups is 1. The Hall–Kier alpha value is -2.78. The molecule has 1 amide bonds. The average Bonchev–Trinajstić information content (AvgIpc) is 2.59. The van der Waals surface area contributed by atoms with E-state index in [1.165, 1.54) is 0 Å². The maximum absolute atomic E-state index is 11.9. The molecule has 0 aliphatic carbocycles. The van der Waals surface area contributed by atoms with Gasteiger partial charge in [-0.1, -0.05) is 0 Å². The summed E-state index contributed by atoms with van der Waals surface area (Å²) in [5.74, 6) is -0.964. The van der Waals surface area contributed by atoms with Crippen molar-refractivity contribution in [2.24, 2.45) is 10.2 Å². The number of benzene rings is 2. The monoisotopic (exact) mass is 376 g/mol. The summed E-state index contributed by atoms with van der Waals surface area (Å²) in [5, 5.41) is 10.7. The van der Waals surface area contributed by atoms with Crippen LogP contribution >= 0.6 is 0 Å². The van der Waals surface area contributed by atoms with Gasteiger partial charge in [-0.2, -0.15) is 18.6 Å². The topological polar surface area (TPSA) is 111 Å². The Balaban J connectivity index is 1.95. The third kappa shape index (κ3) is 6.26. The quantitative estimate of drug-likeness (QED) is 0.570. The molecule has 0 atom stereocenters. The summed E-state index contributed by atoms with van der Waals surface area (Å²) < 4.78 is 29.9. The molecule has 0 unspecified atom stereocenters. The number of nitrogens with zero attached hydrogens (tertiary/aromatic N) is 3. The highest BCUT2D eigenvalue weighted by atomic mass is 32.2. The van der Waals surface area contributed by atoms with Gasteiger partial charge in [0.15, 0.2) is 0 Å². The minimum atomic E-state index is -4.09. The summed E-state index contributed by atoms with van der Waals surface area (Å²) in [7, 11) is -0.184. The van der Waals surface area contributed by atoms with Crippen LogP contribution in [-0.4, -0.2) is 45.3 Å². The normalized spacial score (nSPS) is 11.5. The molecule has 0 aliphatic rings. The Morgan fingerprint density at radius 3 is 1.96 bits per heavy atom. The highest BCUT2D eigenvalue weighted by Gasteiger charge is 2.08. The van der Waals surface area contributed by atoms with Gasteiger partial charge in [0.25, 0.3) is 16.0 Å². The van der Waals surface area contributed by atoms with Gasteiger partial charge in [0.1, 0.15) is 0 Å². The fourth-order valence-electron chi connectivity index (χ4n) is 2.01. The molecule has 26 heavy (non-hydrogen) atoms. The van der Waals surface area contributed by atoms with Crippen LogP contribution in [0.4, 0.5) is 17.1 Å². The Bertz CT molecular complexity index is 876. The lowest BCUT2D eigenvalue weighted by Crippen LogP contribution is -2.28. The van der Waals surface area contributed by atoms with Crippen LogP contribution in [0.25, 0.3) is 0 Å². The largest absolute Gasteiger partial charge is 0.378 e. The molecular weight excluding hydrogens is 356 g/mol. The van der Waals surface area contributed by atoms with E-state index in [1.807, 2.05) is 43.3 Å². The Labute approximate surface area is 152 Å². The predicted octanol–water partition coefficient (Wildman–Crippen LogP) is 2.79. The number of hydrogen-bond donors (Lipinski definition) is 2. The molecule has 0 saturated carbocycles. The van der Waals surface area contributed by atoms with E-state index < -0.39 is 21.8 Å². The highest BCUT2D eigenvalue weighted by molar-refractivity contribution is 7.85. The zero-order valence-corrected chi connectivity index (χ0v) is 15.3. The fraction of sp³-hybridized carbons (Fsp3) is 0.235. The summed E-state index contributed by atoms with van der Waals surface area (Å²) in [5.41, 5.74) is 2.71. The molecule has 0 heterocycles. The molecule has 0 radical (unpaired) electrons. The standard InChI is InChI=1S/C17H20N4O4S/c1-21(2)16-9-7-15(8-10-16)20-19-14-5-3-13(4-6-14)17(22)18-11-12-26(23,24)25/h3-10H,11-12H2,1-2H3,(H,18,22)(H,23,24,25)/b20-19+. The lowest BCUT2D eigenvalue weighted by Gasteiger charge is -2.11. The molecular formula is C17H20N4O4S. The van der Waals surface area contributed by atoms with Crippen LogP contribution < -0.4 is 10.2 Å². The van der Waals surface area contributed by atoms with Crippen LogP contribution in [0.5, 0.6) is 0 Å². The molecule has 0 fully saturated rings. The average molecular weight is 376 g/mol. The molecule has 0 aliphatic heterocycles. The van der Waals surface area contributed by atoms with Gasteiger partial charge in [0.05, 0.1) is 17.1 Å². The van der Waals surface area contributed by atoms with Crippen LogP contribution in [0.2, 0.25) is 0 Å². The lowest BCUT2D eigenvalue weighted by atomic mass is 10.2. The van der Waals surface area contributed by atoms with Gasteiger partial charge in [-0.3, -0.25) is 9.35 Å². The fourth-order valence-corrected chi connectivity index (χ4v) is 2.37. The van der Waals surface area contributed by atoms with E-state index in [1.54, 1.807) is 24.3 Å². The van der Waals surface area contributed by atoms with E-state index in [4.69, 9.17) is 4.55 Å². The second-order valence-electron chi connectivity index (χ2n) is 5.70. The molecule has 0 spiro atoms. The third-order valence-corrected chi connectivity index (χ3v) is 4.14. The smallest absolute Gasteiger partial charge is 0.266 e. The van der Waals surface area contributed by atoms with Gasteiger partial charge in [0.2, 0.25) is 0 Å².